The molecule has 0 aromatic heterocycles. The lowest BCUT2D eigenvalue weighted by Gasteiger charge is -2.10. The van der Waals surface area contributed by atoms with Crippen molar-refractivity contribution in [1.82, 2.24) is 0 Å². The molecule has 0 atom stereocenters. The van der Waals surface area contributed by atoms with Crippen molar-refractivity contribution in [3.05, 3.63) is 58.4 Å². The predicted molar refractivity (Wildman–Crippen MR) is 80.1 cm³/mol. The zero-order chi connectivity index (χ0) is 14.5. The van der Waals surface area contributed by atoms with Crippen LogP contribution in [0.1, 0.15) is 18.1 Å². The first kappa shape index (κ1) is 14.8. The molecular weight excluding hydrogens is 277 g/mol. The van der Waals surface area contributed by atoms with E-state index >= 15 is 0 Å². The molecule has 4 heteroatoms. The SMILES string of the molecule is CCc1cc(Oc2cc(F)cc(CCN)c2)ccc1Cl. The standard InChI is InChI=1S/C16H17ClFNO/c1-2-12-9-14(3-4-16(12)17)20-15-8-11(5-6-19)7-13(18)10-15/h3-4,7-10H,2,5-6,19H2,1H3. The maximum absolute atomic E-state index is 13.5. The van der Waals surface area contributed by atoms with Gasteiger partial charge >= 0.3 is 0 Å². The Labute approximate surface area is 123 Å². The third kappa shape index (κ3) is 3.71. The summed E-state index contributed by atoms with van der Waals surface area (Å²) in [5.41, 5.74) is 7.32. The summed E-state index contributed by atoms with van der Waals surface area (Å²) >= 11 is 6.06. The molecule has 2 N–H and O–H groups in total. The predicted octanol–water partition coefficient (Wildman–Crippen LogP) is 4.34. The van der Waals surface area contributed by atoms with Gasteiger partial charge in [0.1, 0.15) is 17.3 Å². The molecule has 2 nitrogen and oxygen atoms in total. The fraction of sp³-hybridized carbons (Fsp3) is 0.250. The Hall–Kier alpha value is -1.58. The summed E-state index contributed by atoms with van der Waals surface area (Å²) < 4.78 is 19.2. The topological polar surface area (TPSA) is 35.2 Å². The Bertz CT molecular complexity index is 601. The molecule has 0 heterocycles. The number of halogens is 2. The lowest BCUT2D eigenvalue weighted by atomic mass is 10.1. The van der Waals surface area contributed by atoms with Gasteiger partial charge in [-0.15, -0.1) is 0 Å². The monoisotopic (exact) mass is 293 g/mol. The van der Waals surface area contributed by atoms with Crippen LogP contribution >= 0.6 is 11.6 Å². The molecule has 0 amide bonds. The lowest BCUT2D eigenvalue weighted by Crippen LogP contribution is -2.03. The Morgan fingerprint density at radius 3 is 2.65 bits per heavy atom. The van der Waals surface area contributed by atoms with Gasteiger partial charge in [-0.05, 0) is 60.8 Å². The van der Waals surface area contributed by atoms with Crippen molar-refractivity contribution in [2.75, 3.05) is 6.54 Å². The Morgan fingerprint density at radius 2 is 1.95 bits per heavy atom. The average Bonchev–Trinajstić information content (AvgIpc) is 2.40. The molecule has 2 aromatic rings. The summed E-state index contributed by atoms with van der Waals surface area (Å²) in [5, 5.41) is 0.711. The van der Waals surface area contributed by atoms with Crippen molar-refractivity contribution in [3.8, 4) is 11.5 Å². The number of benzene rings is 2. The van der Waals surface area contributed by atoms with Crippen molar-refractivity contribution >= 4 is 11.6 Å². The number of rotatable bonds is 5. The summed E-state index contributed by atoms with van der Waals surface area (Å²) in [6, 6.07) is 10.1. The molecule has 20 heavy (non-hydrogen) atoms. The molecule has 0 saturated carbocycles. The number of nitrogens with two attached hydrogens (primary N) is 1. The molecule has 0 unspecified atom stereocenters. The van der Waals surface area contributed by atoms with Gasteiger partial charge in [0.15, 0.2) is 0 Å². The molecule has 0 aliphatic heterocycles. The van der Waals surface area contributed by atoms with Crippen LogP contribution in [-0.2, 0) is 12.8 Å². The van der Waals surface area contributed by atoms with Crippen LogP contribution in [0, 0.1) is 5.82 Å². The van der Waals surface area contributed by atoms with Crippen LogP contribution in [0.25, 0.3) is 0 Å². The van der Waals surface area contributed by atoms with Gasteiger partial charge in [-0.3, -0.25) is 0 Å². The van der Waals surface area contributed by atoms with E-state index in [4.69, 9.17) is 22.1 Å². The van der Waals surface area contributed by atoms with Crippen LogP contribution in [0.4, 0.5) is 4.39 Å². The van der Waals surface area contributed by atoms with E-state index in [1.807, 2.05) is 13.0 Å². The maximum atomic E-state index is 13.5. The van der Waals surface area contributed by atoms with Crippen LogP contribution in [-0.4, -0.2) is 6.54 Å². The zero-order valence-corrected chi connectivity index (χ0v) is 12.1. The second-order valence-corrected chi connectivity index (χ2v) is 4.95. The number of hydrogen-bond acceptors (Lipinski definition) is 2. The zero-order valence-electron chi connectivity index (χ0n) is 11.3. The van der Waals surface area contributed by atoms with Crippen LogP contribution in [0.2, 0.25) is 5.02 Å². The normalized spacial score (nSPS) is 10.6. The highest BCUT2D eigenvalue weighted by Crippen LogP contribution is 2.28. The van der Waals surface area contributed by atoms with Gasteiger partial charge in [0.25, 0.3) is 0 Å². The fourth-order valence-electron chi connectivity index (χ4n) is 2.01. The number of aryl methyl sites for hydroxylation is 1. The summed E-state index contributed by atoms with van der Waals surface area (Å²) in [4.78, 5) is 0. The summed E-state index contributed by atoms with van der Waals surface area (Å²) in [6.07, 6.45) is 1.44. The number of hydrogen-bond donors (Lipinski definition) is 1. The molecule has 0 radical (unpaired) electrons. The highest BCUT2D eigenvalue weighted by molar-refractivity contribution is 6.31. The Balaban J connectivity index is 2.25. The molecule has 2 rings (SSSR count). The largest absolute Gasteiger partial charge is 0.457 e. The molecule has 0 spiro atoms. The second-order valence-electron chi connectivity index (χ2n) is 4.54. The van der Waals surface area contributed by atoms with Crippen molar-refractivity contribution < 1.29 is 9.13 Å². The molecule has 106 valence electrons. The van der Waals surface area contributed by atoms with E-state index in [-0.39, 0.29) is 5.82 Å². The first-order valence-corrected chi connectivity index (χ1v) is 6.96. The Kier molecular flexibility index (Phi) is 4.99. The third-order valence-electron chi connectivity index (χ3n) is 3.00. The maximum Gasteiger partial charge on any atom is 0.130 e. The van der Waals surface area contributed by atoms with Gasteiger partial charge in [-0.25, -0.2) is 4.39 Å². The fourth-order valence-corrected chi connectivity index (χ4v) is 2.26. The minimum atomic E-state index is -0.323. The van der Waals surface area contributed by atoms with Crippen molar-refractivity contribution in [2.45, 2.75) is 19.8 Å². The first-order valence-electron chi connectivity index (χ1n) is 6.58. The van der Waals surface area contributed by atoms with Crippen LogP contribution in [0.5, 0.6) is 11.5 Å². The average molecular weight is 294 g/mol. The molecule has 0 aliphatic rings. The van der Waals surface area contributed by atoms with Crippen molar-refractivity contribution in [1.29, 1.82) is 0 Å². The minimum absolute atomic E-state index is 0.323. The van der Waals surface area contributed by atoms with Gasteiger partial charge in [0.2, 0.25) is 0 Å². The highest BCUT2D eigenvalue weighted by Gasteiger charge is 2.05. The van der Waals surface area contributed by atoms with E-state index in [9.17, 15) is 4.39 Å². The van der Waals surface area contributed by atoms with E-state index in [1.54, 1.807) is 18.2 Å². The second kappa shape index (κ2) is 6.73. The molecule has 0 fully saturated rings. The lowest BCUT2D eigenvalue weighted by molar-refractivity contribution is 0.475. The quantitative estimate of drug-likeness (QED) is 0.890. The van der Waals surface area contributed by atoms with Gasteiger partial charge in [-0.1, -0.05) is 18.5 Å². The smallest absolute Gasteiger partial charge is 0.130 e. The van der Waals surface area contributed by atoms with E-state index < -0.39 is 0 Å². The summed E-state index contributed by atoms with van der Waals surface area (Å²) in [6.45, 7) is 2.50. The highest BCUT2D eigenvalue weighted by atomic mass is 35.5. The van der Waals surface area contributed by atoms with E-state index in [0.29, 0.717) is 29.5 Å². The summed E-state index contributed by atoms with van der Waals surface area (Å²) in [7, 11) is 0. The van der Waals surface area contributed by atoms with Crippen LogP contribution < -0.4 is 10.5 Å². The van der Waals surface area contributed by atoms with E-state index in [0.717, 1.165) is 17.5 Å². The van der Waals surface area contributed by atoms with Crippen molar-refractivity contribution in [3.63, 3.8) is 0 Å². The molecule has 0 saturated heterocycles. The van der Waals surface area contributed by atoms with Crippen molar-refractivity contribution in [2.24, 2.45) is 5.73 Å². The van der Waals surface area contributed by atoms with Crippen LogP contribution in [0.15, 0.2) is 36.4 Å². The summed E-state index contributed by atoms with van der Waals surface area (Å²) in [5.74, 6) is 0.795. The molecule has 0 aliphatic carbocycles. The van der Waals surface area contributed by atoms with Gasteiger partial charge in [0, 0.05) is 11.1 Å². The Morgan fingerprint density at radius 1 is 1.15 bits per heavy atom. The molecule has 0 bridgehead atoms. The molecular formula is C16H17ClFNO. The van der Waals surface area contributed by atoms with Gasteiger partial charge in [0.05, 0.1) is 0 Å². The van der Waals surface area contributed by atoms with E-state index in [2.05, 4.69) is 0 Å². The van der Waals surface area contributed by atoms with E-state index in [1.165, 1.54) is 12.1 Å². The van der Waals surface area contributed by atoms with Crippen LogP contribution in [0.3, 0.4) is 0 Å². The first-order chi connectivity index (χ1) is 9.62. The van der Waals surface area contributed by atoms with Gasteiger partial charge in [-0.2, -0.15) is 0 Å². The molecule has 2 aromatic carbocycles. The minimum Gasteiger partial charge on any atom is -0.457 e. The third-order valence-corrected chi connectivity index (χ3v) is 3.37. The van der Waals surface area contributed by atoms with Gasteiger partial charge < -0.3 is 10.5 Å². The number of ether oxygens (including phenoxy) is 1.